The highest BCUT2D eigenvalue weighted by molar-refractivity contribution is 9.10. The molecule has 144 valence electrons. The molecule has 3 heterocycles. The third kappa shape index (κ3) is 3.44. The summed E-state index contributed by atoms with van der Waals surface area (Å²) in [7, 11) is 0. The van der Waals surface area contributed by atoms with Crippen molar-refractivity contribution in [3.63, 3.8) is 0 Å². The zero-order valence-electron chi connectivity index (χ0n) is 14.5. The van der Waals surface area contributed by atoms with Crippen molar-refractivity contribution < 1.29 is 13.6 Å². The van der Waals surface area contributed by atoms with E-state index in [2.05, 4.69) is 21.0 Å². The molecular weight excluding hydrogens is 422 g/mol. The molecule has 0 spiro atoms. The van der Waals surface area contributed by atoms with Crippen molar-refractivity contribution in [2.24, 2.45) is 0 Å². The Kier molecular flexibility index (Phi) is 4.88. The van der Waals surface area contributed by atoms with Crippen LogP contribution in [0.2, 0.25) is 0 Å². The predicted octanol–water partition coefficient (Wildman–Crippen LogP) is 2.25. The van der Waals surface area contributed by atoms with Gasteiger partial charge >= 0.3 is 5.69 Å². The van der Waals surface area contributed by atoms with Crippen molar-refractivity contribution in [2.45, 2.75) is 44.2 Å². The van der Waals surface area contributed by atoms with Gasteiger partial charge in [0.15, 0.2) is 12.3 Å². The summed E-state index contributed by atoms with van der Waals surface area (Å²) in [5, 5.41) is 4.39. The molecule has 0 unspecified atom stereocenters. The Labute approximate surface area is 162 Å². The summed E-state index contributed by atoms with van der Waals surface area (Å²) in [5.74, 6) is 0.151. The van der Waals surface area contributed by atoms with Gasteiger partial charge in [-0.3, -0.25) is 9.36 Å². The van der Waals surface area contributed by atoms with E-state index in [1.165, 1.54) is 14.1 Å². The summed E-state index contributed by atoms with van der Waals surface area (Å²) < 4.78 is 30.7. The van der Waals surface area contributed by atoms with Gasteiger partial charge in [-0.25, -0.2) is 18.3 Å². The maximum absolute atomic E-state index is 13.5. The SMILES string of the molecule is O=C([C@@H]1CCCc2nn(Cc3ccc(Br)cc3)c(=O)n21)N1C[C@@H](F)[C@@H](F)C1. The quantitative estimate of drug-likeness (QED) is 0.735. The van der Waals surface area contributed by atoms with Crippen molar-refractivity contribution in [3.05, 3.63) is 50.6 Å². The Hall–Kier alpha value is -2.03. The van der Waals surface area contributed by atoms with E-state index >= 15 is 0 Å². The van der Waals surface area contributed by atoms with Gasteiger partial charge in [-0.2, -0.15) is 5.10 Å². The Bertz CT molecular complexity index is 901. The van der Waals surface area contributed by atoms with E-state index in [0.29, 0.717) is 31.6 Å². The minimum Gasteiger partial charge on any atom is -0.335 e. The average molecular weight is 441 g/mol. The highest BCUT2D eigenvalue weighted by Gasteiger charge is 2.40. The van der Waals surface area contributed by atoms with Crippen LogP contribution in [-0.4, -0.2) is 50.6 Å². The van der Waals surface area contributed by atoms with E-state index in [0.717, 1.165) is 10.0 Å². The highest BCUT2D eigenvalue weighted by atomic mass is 79.9. The third-order valence-corrected chi connectivity index (χ3v) is 5.68. The zero-order valence-corrected chi connectivity index (χ0v) is 16.1. The molecular formula is C18H19BrF2N4O2. The van der Waals surface area contributed by atoms with Crippen LogP contribution in [0.5, 0.6) is 0 Å². The Morgan fingerprint density at radius 1 is 1.19 bits per heavy atom. The number of carbonyl (C=O) groups excluding carboxylic acids is 1. The lowest BCUT2D eigenvalue weighted by molar-refractivity contribution is -0.134. The number of amides is 1. The first-order valence-electron chi connectivity index (χ1n) is 8.93. The van der Waals surface area contributed by atoms with Crippen molar-refractivity contribution in [1.82, 2.24) is 19.2 Å². The monoisotopic (exact) mass is 440 g/mol. The van der Waals surface area contributed by atoms with Gasteiger partial charge in [0.25, 0.3) is 0 Å². The standard InChI is InChI=1S/C18H19BrF2N4O2/c19-12-6-4-11(5-7-12)8-24-18(27)25-15(2-1-3-16(25)22-24)17(26)23-9-13(20)14(21)10-23/h4-7,13-15H,1-3,8-10H2/t13-,14+,15-/m0/s1. The van der Waals surface area contributed by atoms with Gasteiger partial charge < -0.3 is 4.90 Å². The van der Waals surface area contributed by atoms with E-state index in [1.54, 1.807) is 0 Å². The first-order valence-corrected chi connectivity index (χ1v) is 9.73. The molecule has 0 N–H and O–H groups in total. The Balaban J connectivity index is 1.61. The molecule has 1 aromatic heterocycles. The number of likely N-dealkylation sites (tertiary alicyclic amines) is 1. The fourth-order valence-corrected chi connectivity index (χ4v) is 4.01. The van der Waals surface area contributed by atoms with Crippen LogP contribution in [-0.2, 0) is 17.8 Å². The first kappa shape index (κ1) is 18.3. The number of carbonyl (C=O) groups is 1. The van der Waals surface area contributed by atoms with Gasteiger partial charge in [0.1, 0.15) is 11.9 Å². The Morgan fingerprint density at radius 2 is 1.85 bits per heavy atom. The molecule has 1 aromatic carbocycles. The molecule has 0 aliphatic carbocycles. The number of hydrogen-bond donors (Lipinski definition) is 0. The molecule has 1 saturated heterocycles. The molecule has 2 aliphatic rings. The van der Waals surface area contributed by atoms with Crippen LogP contribution in [0, 0.1) is 0 Å². The number of benzene rings is 1. The van der Waals surface area contributed by atoms with Gasteiger partial charge in [0.05, 0.1) is 19.6 Å². The van der Waals surface area contributed by atoms with Crippen molar-refractivity contribution >= 4 is 21.8 Å². The summed E-state index contributed by atoms with van der Waals surface area (Å²) in [6.45, 7) is -0.211. The minimum absolute atomic E-state index is 0.256. The summed E-state index contributed by atoms with van der Waals surface area (Å²) in [4.78, 5) is 26.9. The van der Waals surface area contributed by atoms with Gasteiger partial charge in [0.2, 0.25) is 5.91 Å². The van der Waals surface area contributed by atoms with Crippen LogP contribution >= 0.6 is 15.9 Å². The summed E-state index contributed by atoms with van der Waals surface area (Å²) in [6, 6.07) is 6.82. The zero-order chi connectivity index (χ0) is 19.1. The molecule has 3 atom stereocenters. The number of hydrogen-bond acceptors (Lipinski definition) is 3. The van der Waals surface area contributed by atoms with E-state index in [1.807, 2.05) is 24.3 Å². The highest BCUT2D eigenvalue weighted by Crippen LogP contribution is 2.27. The molecule has 1 fully saturated rings. The summed E-state index contributed by atoms with van der Waals surface area (Å²) in [5.41, 5.74) is 0.553. The molecule has 27 heavy (non-hydrogen) atoms. The fourth-order valence-electron chi connectivity index (χ4n) is 3.75. The molecule has 2 aromatic rings. The predicted molar refractivity (Wildman–Crippen MR) is 98.1 cm³/mol. The van der Waals surface area contributed by atoms with E-state index in [4.69, 9.17) is 0 Å². The van der Waals surface area contributed by atoms with Gasteiger partial charge in [-0.1, -0.05) is 28.1 Å². The number of rotatable bonds is 3. The van der Waals surface area contributed by atoms with E-state index in [9.17, 15) is 18.4 Å². The second-order valence-electron chi connectivity index (χ2n) is 7.04. The Morgan fingerprint density at radius 3 is 2.52 bits per heavy atom. The third-order valence-electron chi connectivity index (χ3n) is 5.16. The van der Waals surface area contributed by atoms with Gasteiger partial charge in [0, 0.05) is 10.9 Å². The smallest absolute Gasteiger partial charge is 0.335 e. The second-order valence-corrected chi connectivity index (χ2v) is 7.95. The largest absolute Gasteiger partial charge is 0.346 e. The number of halogens is 3. The van der Waals surface area contributed by atoms with E-state index < -0.39 is 24.3 Å². The number of aromatic nitrogens is 3. The van der Waals surface area contributed by atoms with Crippen LogP contribution in [0.15, 0.2) is 33.5 Å². The lowest BCUT2D eigenvalue weighted by atomic mass is 10.0. The van der Waals surface area contributed by atoms with Crippen molar-refractivity contribution in [3.8, 4) is 0 Å². The molecule has 4 rings (SSSR count). The summed E-state index contributed by atoms with van der Waals surface area (Å²) >= 11 is 3.37. The summed E-state index contributed by atoms with van der Waals surface area (Å²) in [6.07, 6.45) is -1.54. The van der Waals surface area contributed by atoms with Crippen LogP contribution in [0.1, 0.15) is 30.3 Å². The molecule has 0 bridgehead atoms. The number of nitrogens with zero attached hydrogens (tertiary/aromatic N) is 4. The lowest BCUT2D eigenvalue weighted by Crippen LogP contribution is -2.42. The fraction of sp³-hybridized carbons (Fsp3) is 0.500. The van der Waals surface area contributed by atoms with Gasteiger partial charge in [-0.05, 0) is 30.5 Å². The van der Waals surface area contributed by atoms with Gasteiger partial charge in [-0.15, -0.1) is 0 Å². The van der Waals surface area contributed by atoms with Crippen LogP contribution < -0.4 is 5.69 Å². The molecule has 9 heteroatoms. The molecule has 2 aliphatic heterocycles. The molecule has 0 radical (unpaired) electrons. The topological polar surface area (TPSA) is 60.1 Å². The number of alkyl halides is 2. The first-order chi connectivity index (χ1) is 12.9. The number of aryl methyl sites for hydroxylation is 1. The maximum atomic E-state index is 13.5. The molecule has 0 saturated carbocycles. The molecule has 1 amide bonds. The van der Waals surface area contributed by atoms with E-state index in [-0.39, 0.29) is 18.8 Å². The second kappa shape index (κ2) is 7.18. The average Bonchev–Trinajstić information content (AvgIpc) is 3.16. The maximum Gasteiger partial charge on any atom is 0.346 e. The minimum atomic E-state index is -1.66. The van der Waals surface area contributed by atoms with Crippen molar-refractivity contribution in [2.75, 3.05) is 13.1 Å². The molecule has 6 nitrogen and oxygen atoms in total. The van der Waals surface area contributed by atoms with Crippen LogP contribution in [0.25, 0.3) is 0 Å². The number of fused-ring (bicyclic) bond motifs is 1. The lowest BCUT2D eigenvalue weighted by Gasteiger charge is -2.26. The van der Waals surface area contributed by atoms with Crippen LogP contribution in [0.4, 0.5) is 8.78 Å². The van der Waals surface area contributed by atoms with Crippen molar-refractivity contribution in [1.29, 1.82) is 0 Å². The van der Waals surface area contributed by atoms with Crippen LogP contribution in [0.3, 0.4) is 0 Å². The normalized spacial score (nSPS) is 24.9.